The van der Waals surface area contributed by atoms with Crippen LogP contribution in [-0.2, 0) is 78.1 Å². The monoisotopic (exact) mass is 674 g/mol. The van der Waals surface area contributed by atoms with Gasteiger partial charge in [0.2, 0.25) is 0 Å². The van der Waals surface area contributed by atoms with E-state index in [0.717, 1.165) is 12.8 Å². The summed E-state index contributed by atoms with van der Waals surface area (Å²) in [6.07, 6.45) is 27.6. The summed E-state index contributed by atoms with van der Waals surface area (Å²) in [6, 6.07) is 9.37. The van der Waals surface area contributed by atoms with E-state index in [9.17, 15) is 0 Å². The first-order valence-corrected chi connectivity index (χ1v) is 12.5. The molecule has 4 aliphatic rings. The molecule has 0 saturated carbocycles. The Morgan fingerprint density at radius 1 is 0.583 bits per heavy atom. The minimum Gasteiger partial charge on any atom is -1.00 e. The SMILES string of the molecule is CC1=[C-]CC=C1.CC1=[C-]CC=C1.Cc1cc2c([cH-]1)CCCC2.Cc1cc2c([cH-]1)CCCC2.[Cl-].[Cl-].[Zr+2].[Zr+2]. The summed E-state index contributed by atoms with van der Waals surface area (Å²) in [5.41, 5.74) is 11.9. The van der Waals surface area contributed by atoms with Crippen LogP contribution in [0, 0.1) is 26.0 Å². The molecule has 36 heavy (non-hydrogen) atoms. The van der Waals surface area contributed by atoms with Gasteiger partial charge in [-0.15, -0.1) is 12.8 Å². The van der Waals surface area contributed by atoms with Crippen molar-refractivity contribution < 1.29 is 77.2 Å². The quantitative estimate of drug-likeness (QED) is 0.377. The molecule has 4 aliphatic carbocycles. The van der Waals surface area contributed by atoms with Crippen molar-refractivity contribution in [3.8, 4) is 0 Å². The number of halogens is 2. The third-order valence-corrected chi connectivity index (χ3v) is 6.45. The number of fused-ring (bicyclic) bond motifs is 2. The third-order valence-electron chi connectivity index (χ3n) is 6.45. The smallest absolute Gasteiger partial charge is 1.00 e. The predicted octanol–water partition coefficient (Wildman–Crippen LogP) is 2.58. The molecule has 192 valence electrons. The Morgan fingerprint density at radius 3 is 1.19 bits per heavy atom. The second-order valence-corrected chi connectivity index (χ2v) is 9.51. The van der Waals surface area contributed by atoms with E-state index in [-0.39, 0.29) is 77.2 Å². The van der Waals surface area contributed by atoms with Crippen molar-refractivity contribution in [3.63, 3.8) is 0 Å². The van der Waals surface area contributed by atoms with Crippen molar-refractivity contribution in [2.24, 2.45) is 0 Å². The molecule has 0 heterocycles. The molecule has 0 fully saturated rings. The van der Waals surface area contributed by atoms with Crippen molar-refractivity contribution in [2.45, 2.75) is 91.9 Å². The van der Waals surface area contributed by atoms with E-state index in [4.69, 9.17) is 0 Å². The van der Waals surface area contributed by atoms with Gasteiger partial charge in [-0.25, -0.2) is 35.4 Å². The average Bonchev–Trinajstić information content (AvgIpc) is 3.56. The normalized spacial score (nSPS) is 15.6. The van der Waals surface area contributed by atoms with Gasteiger partial charge in [-0.05, 0) is 0 Å². The zero-order valence-electron chi connectivity index (χ0n) is 22.4. The fourth-order valence-electron chi connectivity index (χ4n) is 4.78. The molecular formula is C32H40Cl2Zr2-2. The average molecular weight is 678 g/mol. The molecule has 0 atom stereocenters. The third kappa shape index (κ3) is 13.7. The first-order chi connectivity index (χ1) is 15.5. The maximum absolute atomic E-state index is 3.12. The van der Waals surface area contributed by atoms with Gasteiger partial charge in [0.25, 0.3) is 0 Å². The van der Waals surface area contributed by atoms with Crippen molar-refractivity contribution in [2.75, 3.05) is 0 Å². The zero-order valence-corrected chi connectivity index (χ0v) is 28.9. The largest absolute Gasteiger partial charge is 2.00 e. The van der Waals surface area contributed by atoms with Gasteiger partial charge in [-0.3, -0.25) is 12.2 Å². The van der Waals surface area contributed by atoms with Crippen molar-refractivity contribution >= 4 is 0 Å². The standard InChI is InChI=1S/2C10H13.2C6H7.2ClH.2Zr/c2*1-8-6-9-4-2-3-5-10(9)7-8;2*1-6-4-2-3-5-6;;;;/h2*6-7H,2-5H2,1H3;2*2,4H,3H2,1H3;2*1H;;/q4*-1;;;2*+2/p-2. The Hall–Kier alpha value is 0.00623. The second-order valence-electron chi connectivity index (χ2n) is 9.51. The summed E-state index contributed by atoms with van der Waals surface area (Å²) in [7, 11) is 0. The number of hydrogen-bond acceptors (Lipinski definition) is 0. The minimum atomic E-state index is 0. The molecular weight excluding hydrogens is 638 g/mol. The van der Waals surface area contributed by atoms with Crippen LogP contribution in [0.3, 0.4) is 0 Å². The number of rotatable bonds is 0. The molecule has 0 N–H and O–H groups in total. The predicted molar refractivity (Wildman–Crippen MR) is 139 cm³/mol. The molecule has 2 aromatic rings. The Bertz CT molecular complexity index is 853. The van der Waals surface area contributed by atoms with Gasteiger partial charge >= 0.3 is 52.4 Å². The van der Waals surface area contributed by atoms with Crippen LogP contribution < -0.4 is 24.8 Å². The fourth-order valence-corrected chi connectivity index (χ4v) is 4.78. The summed E-state index contributed by atoms with van der Waals surface area (Å²) in [4.78, 5) is 0. The molecule has 4 heteroatoms. The summed E-state index contributed by atoms with van der Waals surface area (Å²) < 4.78 is 0. The molecule has 6 rings (SSSR count). The first kappa shape index (κ1) is 38.2. The van der Waals surface area contributed by atoms with Gasteiger partial charge in [-0.1, -0.05) is 79.1 Å². The van der Waals surface area contributed by atoms with E-state index in [1.165, 1.54) is 73.6 Å². The van der Waals surface area contributed by atoms with Gasteiger partial charge in [0, 0.05) is 0 Å². The zero-order chi connectivity index (χ0) is 22.8. The molecule has 0 bridgehead atoms. The van der Waals surface area contributed by atoms with E-state index in [0.29, 0.717) is 0 Å². The maximum Gasteiger partial charge on any atom is 2.00 e. The van der Waals surface area contributed by atoms with Crippen molar-refractivity contribution in [1.29, 1.82) is 0 Å². The molecule has 0 unspecified atom stereocenters. The van der Waals surface area contributed by atoms with E-state index in [1.54, 1.807) is 22.3 Å². The maximum atomic E-state index is 3.12. The number of allylic oxidation sites excluding steroid dienone is 8. The van der Waals surface area contributed by atoms with E-state index >= 15 is 0 Å². The minimum absolute atomic E-state index is 0. The van der Waals surface area contributed by atoms with Gasteiger partial charge in [-0.2, -0.15) is 57.7 Å². The van der Waals surface area contributed by atoms with Crippen LogP contribution in [-0.4, -0.2) is 0 Å². The van der Waals surface area contributed by atoms with Gasteiger partial charge < -0.3 is 24.8 Å². The number of aryl methyl sites for hydroxylation is 6. The summed E-state index contributed by atoms with van der Waals surface area (Å²) in [6.45, 7) is 8.50. The second kappa shape index (κ2) is 20.9. The van der Waals surface area contributed by atoms with Crippen LogP contribution in [0.1, 0.15) is 85.8 Å². The Morgan fingerprint density at radius 2 is 0.944 bits per heavy atom. The van der Waals surface area contributed by atoms with Gasteiger partial charge in [0.1, 0.15) is 0 Å². The topological polar surface area (TPSA) is 0 Å². The number of hydrogen-bond donors (Lipinski definition) is 0. The Kier molecular flexibility index (Phi) is 22.2. The van der Waals surface area contributed by atoms with E-state index in [2.05, 4.69) is 88.4 Å². The fraction of sp³-hybridized carbons (Fsp3) is 0.438. The van der Waals surface area contributed by atoms with Gasteiger partial charge in [0.15, 0.2) is 0 Å². The molecule has 2 aromatic carbocycles. The van der Waals surface area contributed by atoms with Crippen LogP contribution in [0.15, 0.2) is 59.7 Å². The summed E-state index contributed by atoms with van der Waals surface area (Å²) in [5, 5.41) is 0. The van der Waals surface area contributed by atoms with Crippen LogP contribution >= 0.6 is 0 Å². The van der Waals surface area contributed by atoms with Crippen molar-refractivity contribution in [1.82, 2.24) is 0 Å². The van der Waals surface area contributed by atoms with Crippen LogP contribution in [0.2, 0.25) is 0 Å². The van der Waals surface area contributed by atoms with Crippen LogP contribution in [0.4, 0.5) is 0 Å². The van der Waals surface area contributed by atoms with Crippen LogP contribution in [0.5, 0.6) is 0 Å². The molecule has 0 spiro atoms. The van der Waals surface area contributed by atoms with Gasteiger partial charge in [0.05, 0.1) is 0 Å². The van der Waals surface area contributed by atoms with Crippen molar-refractivity contribution in [3.05, 3.63) is 105 Å². The molecule has 0 aromatic heterocycles. The summed E-state index contributed by atoms with van der Waals surface area (Å²) in [5.74, 6) is 0. The molecule has 0 amide bonds. The Balaban J connectivity index is 0. The molecule has 0 radical (unpaired) electrons. The molecule has 0 aliphatic heterocycles. The first-order valence-electron chi connectivity index (χ1n) is 12.5. The van der Waals surface area contributed by atoms with E-state index < -0.39 is 0 Å². The molecule has 0 saturated heterocycles. The van der Waals surface area contributed by atoms with E-state index in [1.807, 2.05) is 0 Å². The Labute approximate surface area is 272 Å². The van der Waals surface area contributed by atoms with Crippen LogP contribution in [0.25, 0.3) is 0 Å². The summed E-state index contributed by atoms with van der Waals surface area (Å²) >= 11 is 0. The molecule has 0 nitrogen and oxygen atoms in total.